The number of nitrogens with one attached hydrogen (secondary N) is 1. The van der Waals surface area contributed by atoms with Crippen LogP contribution in [-0.2, 0) is 14.9 Å². The molecule has 8 heteroatoms. The highest BCUT2D eigenvalue weighted by atomic mass is 32.2. The summed E-state index contributed by atoms with van der Waals surface area (Å²) in [5, 5.41) is 24.4. The molecule has 0 bridgehead atoms. The van der Waals surface area contributed by atoms with Gasteiger partial charge in [-0.05, 0) is 104 Å². The number of aliphatic hydroxyl groups excluding tert-OH is 2. The first-order valence-corrected chi connectivity index (χ1v) is 15.0. The van der Waals surface area contributed by atoms with Crippen LogP contribution < -0.4 is 5.32 Å². The Morgan fingerprint density at radius 3 is 2.53 bits per heavy atom. The number of amides is 1. The van der Waals surface area contributed by atoms with Gasteiger partial charge in [0.25, 0.3) is 0 Å². The minimum absolute atomic E-state index is 0.134. The number of fused-ring (bicyclic) bond motifs is 5. The Labute approximate surface area is 205 Å². The van der Waals surface area contributed by atoms with Gasteiger partial charge in [0.05, 0.1) is 28.1 Å². The summed E-state index contributed by atoms with van der Waals surface area (Å²) >= 11 is 0. The molecule has 0 radical (unpaired) electrons. The molecule has 3 N–H and O–H groups in total. The van der Waals surface area contributed by atoms with Gasteiger partial charge in [-0.2, -0.15) is 0 Å². The van der Waals surface area contributed by atoms with Crippen molar-refractivity contribution in [1.29, 1.82) is 0 Å². The van der Waals surface area contributed by atoms with Crippen molar-refractivity contribution in [2.24, 2.45) is 46.3 Å². The summed E-state index contributed by atoms with van der Waals surface area (Å²) in [6.07, 6.45) is 8.85. The van der Waals surface area contributed by atoms with Crippen molar-refractivity contribution in [1.82, 2.24) is 5.32 Å². The first kappa shape index (κ1) is 26.4. The van der Waals surface area contributed by atoms with Gasteiger partial charge in [-0.3, -0.25) is 4.79 Å². The highest BCUT2D eigenvalue weighted by Gasteiger charge is 2.63. The minimum Gasteiger partial charge on any atom is -0.748 e. The summed E-state index contributed by atoms with van der Waals surface area (Å²) in [5.74, 6) is 2.10. The summed E-state index contributed by atoms with van der Waals surface area (Å²) in [7, 11) is -4.32. The van der Waals surface area contributed by atoms with Crippen molar-refractivity contribution in [3.05, 3.63) is 0 Å². The molecule has 4 aliphatic carbocycles. The van der Waals surface area contributed by atoms with Crippen LogP contribution in [0.15, 0.2) is 0 Å². The SMILES string of the molecule is C[C@H](CCC(=O)NCCS(=O)(=O)[O-])[C@H]1CC[C@H]2[C@@H]3CC[C@@H]4CC(O)CC[C@]4(C)[C@H]3C[C@H](O)[C@]12C. The lowest BCUT2D eigenvalue weighted by molar-refractivity contribution is -0.174. The third-order valence-corrected chi connectivity index (χ3v) is 11.7. The summed E-state index contributed by atoms with van der Waals surface area (Å²) in [6, 6.07) is 0. The van der Waals surface area contributed by atoms with Crippen LogP contribution in [0.5, 0.6) is 0 Å². The average Bonchev–Trinajstić information content (AvgIpc) is 3.11. The second kappa shape index (κ2) is 9.64. The molecule has 196 valence electrons. The minimum atomic E-state index is -4.32. The lowest BCUT2D eigenvalue weighted by Gasteiger charge is -2.62. The van der Waals surface area contributed by atoms with Gasteiger partial charge in [0.2, 0.25) is 5.91 Å². The molecule has 0 spiro atoms. The van der Waals surface area contributed by atoms with Crippen molar-refractivity contribution in [2.75, 3.05) is 12.3 Å². The van der Waals surface area contributed by atoms with E-state index in [1.807, 2.05) is 0 Å². The van der Waals surface area contributed by atoms with Crippen molar-refractivity contribution in [2.45, 2.75) is 97.2 Å². The molecule has 4 saturated carbocycles. The Hall–Kier alpha value is -0.700. The van der Waals surface area contributed by atoms with E-state index in [9.17, 15) is 28.0 Å². The molecule has 0 aliphatic heterocycles. The van der Waals surface area contributed by atoms with E-state index in [-0.39, 0.29) is 41.4 Å². The standard InChI is InChI=1S/C26H45NO6S/c1-16(4-9-24(30)27-12-13-34(31,32)33)20-7-8-21-19-6-5-17-14-18(28)10-11-25(17,2)22(19)15-23(29)26(20,21)3/h16-23,28-29H,4-15H2,1-3H3,(H,27,30)(H,31,32,33)/p-1/t16-,17-,18?,19+,20-,21+,22+,23+,25+,26-/m1/s1. The topological polar surface area (TPSA) is 127 Å². The highest BCUT2D eigenvalue weighted by molar-refractivity contribution is 7.85. The van der Waals surface area contributed by atoms with Crippen LogP contribution in [0.1, 0.15) is 85.0 Å². The predicted molar refractivity (Wildman–Crippen MR) is 129 cm³/mol. The Morgan fingerprint density at radius 2 is 1.82 bits per heavy atom. The van der Waals surface area contributed by atoms with E-state index >= 15 is 0 Å². The van der Waals surface area contributed by atoms with Crippen molar-refractivity contribution in [3.63, 3.8) is 0 Å². The van der Waals surface area contributed by atoms with Crippen LogP contribution >= 0.6 is 0 Å². The lowest BCUT2D eigenvalue weighted by atomic mass is 9.43. The summed E-state index contributed by atoms with van der Waals surface area (Å²) in [4.78, 5) is 12.2. The van der Waals surface area contributed by atoms with Crippen LogP contribution in [0.2, 0.25) is 0 Å². The molecule has 7 nitrogen and oxygen atoms in total. The number of aliphatic hydroxyl groups is 2. The maximum absolute atomic E-state index is 12.2. The predicted octanol–water partition coefficient (Wildman–Crippen LogP) is 3.05. The van der Waals surface area contributed by atoms with Gasteiger partial charge in [-0.15, -0.1) is 0 Å². The van der Waals surface area contributed by atoms with Gasteiger partial charge in [0.1, 0.15) is 0 Å². The summed E-state index contributed by atoms with van der Waals surface area (Å²) in [6.45, 7) is 6.78. The molecule has 1 unspecified atom stereocenters. The van der Waals surface area contributed by atoms with Crippen molar-refractivity contribution >= 4 is 16.0 Å². The summed E-state index contributed by atoms with van der Waals surface area (Å²) < 4.78 is 32.2. The van der Waals surface area contributed by atoms with Crippen LogP contribution in [0.3, 0.4) is 0 Å². The van der Waals surface area contributed by atoms with Crippen LogP contribution in [-0.4, -0.2) is 53.6 Å². The molecule has 0 aromatic carbocycles. The normalized spacial score (nSPS) is 45.1. The quantitative estimate of drug-likeness (QED) is 0.463. The number of carbonyl (C=O) groups excluding carboxylic acids is 1. The monoisotopic (exact) mass is 498 g/mol. The molecule has 34 heavy (non-hydrogen) atoms. The van der Waals surface area contributed by atoms with E-state index in [1.165, 1.54) is 12.8 Å². The molecule has 0 aromatic rings. The molecule has 1 amide bonds. The highest BCUT2D eigenvalue weighted by Crippen LogP contribution is 2.68. The zero-order chi connectivity index (χ0) is 24.9. The van der Waals surface area contributed by atoms with Crippen molar-refractivity contribution < 1.29 is 28.0 Å². The van der Waals surface area contributed by atoms with Crippen LogP contribution in [0, 0.1) is 46.3 Å². The molecule has 4 fully saturated rings. The van der Waals surface area contributed by atoms with Gasteiger partial charge >= 0.3 is 0 Å². The molecule has 4 aliphatic rings. The third kappa shape index (κ3) is 4.81. The van der Waals surface area contributed by atoms with Crippen LogP contribution in [0.25, 0.3) is 0 Å². The summed E-state index contributed by atoms with van der Waals surface area (Å²) in [5.41, 5.74) is 0.0922. The second-order valence-electron chi connectivity index (χ2n) is 12.5. The van der Waals surface area contributed by atoms with Gasteiger partial charge in [0.15, 0.2) is 0 Å². The maximum atomic E-state index is 12.2. The average molecular weight is 499 g/mol. The van der Waals surface area contributed by atoms with E-state index < -0.39 is 15.9 Å². The third-order valence-electron chi connectivity index (χ3n) is 11.0. The Kier molecular flexibility index (Phi) is 7.47. The Bertz CT molecular complexity index is 863. The number of carbonyl (C=O) groups is 1. The molecule has 0 saturated heterocycles. The fraction of sp³-hybridized carbons (Fsp3) is 0.962. The molecule has 0 aromatic heterocycles. The van der Waals surface area contributed by atoms with Gasteiger partial charge in [-0.25, -0.2) is 8.42 Å². The molecular formula is C26H44NO6S-. The molecular weight excluding hydrogens is 454 g/mol. The lowest BCUT2D eigenvalue weighted by Crippen LogP contribution is -2.58. The molecule has 0 heterocycles. The van der Waals surface area contributed by atoms with E-state index in [1.54, 1.807) is 0 Å². The molecule has 4 rings (SSSR count). The van der Waals surface area contributed by atoms with E-state index in [4.69, 9.17) is 0 Å². The van der Waals surface area contributed by atoms with E-state index in [0.29, 0.717) is 42.4 Å². The van der Waals surface area contributed by atoms with Gasteiger partial charge in [0, 0.05) is 13.0 Å². The fourth-order valence-corrected chi connectivity index (χ4v) is 9.48. The van der Waals surface area contributed by atoms with E-state index in [2.05, 4.69) is 26.1 Å². The Morgan fingerprint density at radius 1 is 1.09 bits per heavy atom. The zero-order valence-electron chi connectivity index (χ0n) is 21.0. The zero-order valence-corrected chi connectivity index (χ0v) is 21.9. The van der Waals surface area contributed by atoms with Gasteiger partial charge in [-0.1, -0.05) is 20.8 Å². The maximum Gasteiger partial charge on any atom is 0.220 e. The number of rotatable bonds is 7. The number of hydrogen-bond acceptors (Lipinski definition) is 6. The van der Waals surface area contributed by atoms with Gasteiger partial charge < -0.3 is 20.1 Å². The second-order valence-corrected chi connectivity index (χ2v) is 14.0. The van der Waals surface area contributed by atoms with Crippen molar-refractivity contribution in [3.8, 4) is 0 Å². The Balaban J connectivity index is 1.40. The largest absolute Gasteiger partial charge is 0.748 e. The first-order chi connectivity index (χ1) is 15.9. The van der Waals surface area contributed by atoms with Crippen LogP contribution in [0.4, 0.5) is 0 Å². The molecule has 10 atom stereocenters. The number of hydrogen-bond donors (Lipinski definition) is 3. The van der Waals surface area contributed by atoms with E-state index in [0.717, 1.165) is 38.5 Å². The smallest absolute Gasteiger partial charge is 0.220 e. The fourth-order valence-electron chi connectivity index (χ4n) is 9.12. The first-order valence-electron chi connectivity index (χ1n) is 13.4.